The highest BCUT2D eigenvalue weighted by Crippen LogP contribution is 2.10. The summed E-state index contributed by atoms with van der Waals surface area (Å²) in [5.41, 5.74) is 2.08. The molecule has 2 aromatic heterocycles. The molecule has 0 radical (unpaired) electrons. The predicted octanol–water partition coefficient (Wildman–Crippen LogP) is 1.16. The summed E-state index contributed by atoms with van der Waals surface area (Å²) in [7, 11) is 3.52. The van der Waals surface area contributed by atoms with Gasteiger partial charge in [-0.1, -0.05) is 6.07 Å². The van der Waals surface area contributed by atoms with E-state index >= 15 is 0 Å². The molecular weight excluding hydrogens is 228 g/mol. The molecule has 2 aromatic rings. The summed E-state index contributed by atoms with van der Waals surface area (Å²) in [6.07, 6.45) is 2.74. The van der Waals surface area contributed by atoms with Gasteiger partial charge in [0, 0.05) is 44.5 Å². The lowest BCUT2D eigenvalue weighted by atomic mass is 10.3. The van der Waals surface area contributed by atoms with E-state index in [1.165, 1.54) is 0 Å². The van der Waals surface area contributed by atoms with Crippen LogP contribution >= 0.6 is 0 Å². The van der Waals surface area contributed by atoms with Crippen LogP contribution < -0.4 is 10.1 Å². The van der Waals surface area contributed by atoms with Crippen LogP contribution in [0, 0.1) is 0 Å². The zero-order valence-corrected chi connectivity index (χ0v) is 10.8. The lowest BCUT2D eigenvalue weighted by Crippen LogP contribution is -2.17. The van der Waals surface area contributed by atoms with Crippen molar-refractivity contribution < 1.29 is 4.74 Å². The van der Waals surface area contributed by atoms with Crippen LogP contribution in [0.1, 0.15) is 11.4 Å². The van der Waals surface area contributed by atoms with E-state index in [2.05, 4.69) is 15.4 Å². The summed E-state index contributed by atoms with van der Waals surface area (Å²) in [5.74, 6) is 0.775. The van der Waals surface area contributed by atoms with E-state index in [4.69, 9.17) is 4.74 Å². The number of aryl methyl sites for hydroxylation is 1. The Hall–Kier alpha value is -1.88. The third-order valence-corrected chi connectivity index (χ3v) is 2.69. The number of hydrogen-bond donors (Lipinski definition) is 1. The first-order valence-corrected chi connectivity index (χ1v) is 5.97. The van der Waals surface area contributed by atoms with Crippen molar-refractivity contribution in [2.45, 2.75) is 13.0 Å². The van der Waals surface area contributed by atoms with Gasteiger partial charge in [0.25, 0.3) is 0 Å². The van der Waals surface area contributed by atoms with Crippen LogP contribution in [0.3, 0.4) is 0 Å². The number of methoxy groups -OCH3 is 1. The molecule has 0 bridgehead atoms. The maximum absolute atomic E-state index is 5.16. The molecule has 2 rings (SSSR count). The Morgan fingerprint density at radius 3 is 2.89 bits per heavy atom. The minimum absolute atomic E-state index is 0.740. The van der Waals surface area contributed by atoms with Crippen LogP contribution in [-0.2, 0) is 20.0 Å². The van der Waals surface area contributed by atoms with Crippen molar-refractivity contribution in [2.24, 2.45) is 7.05 Å². The summed E-state index contributed by atoms with van der Waals surface area (Å²) in [5, 5.41) is 7.68. The molecule has 0 aromatic carbocycles. The van der Waals surface area contributed by atoms with E-state index in [0.717, 1.165) is 36.8 Å². The second kappa shape index (κ2) is 6.16. The first-order valence-electron chi connectivity index (χ1n) is 5.97. The summed E-state index contributed by atoms with van der Waals surface area (Å²) >= 11 is 0. The van der Waals surface area contributed by atoms with Gasteiger partial charge < -0.3 is 10.1 Å². The average molecular weight is 246 g/mol. The summed E-state index contributed by atoms with van der Waals surface area (Å²) in [4.78, 5) is 4.28. The fourth-order valence-corrected chi connectivity index (χ4v) is 1.76. The van der Waals surface area contributed by atoms with Crippen LogP contribution in [0.15, 0.2) is 30.5 Å². The van der Waals surface area contributed by atoms with E-state index in [-0.39, 0.29) is 0 Å². The highest BCUT2D eigenvalue weighted by Gasteiger charge is 2.03. The molecule has 0 fully saturated rings. The van der Waals surface area contributed by atoms with Gasteiger partial charge in [-0.2, -0.15) is 5.10 Å². The van der Waals surface area contributed by atoms with E-state index < -0.39 is 0 Å². The van der Waals surface area contributed by atoms with Crippen LogP contribution in [0.5, 0.6) is 5.88 Å². The van der Waals surface area contributed by atoms with Gasteiger partial charge in [0.05, 0.1) is 12.8 Å². The number of hydrogen-bond acceptors (Lipinski definition) is 4. The minimum Gasteiger partial charge on any atom is -0.481 e. The van der Waals surface area contributed by atoms with Gasteiger partial charge in [-0.3, -0.25) is 4.98 Å². The van der Waals surface area contributed by atoms with Crippen molar-refractivity contribution in [3.05, 3.63) is 41.9 Å². The van der Waals surface area contributed by atoms with Gasteiger partial charge in [0.2, 0.25) is 5.88 Å². The van der Waals surface area contributed by atoms with E-state index in [1.54, 1.807) is 11.8 Å². The molecule has 0 saturated carbocycles. The first kappa shape index (κ1) is 12.6. The molecule has 0 aliphatic rings. The molecule has 18 heavy (non-hydrogen) atoms. The Morgan fingerprint density at radius 1 is 1.33 bits per heavy atom. The van der Waals surface area contributed by atoms with Crippen molar-refractivity contribution in [3.8, 4) is 5.88 Å². The van der Waals surface area contributed by atoms with Gasteiger partial charge in [0.1, 0.15) is 0 Å². The Balaban J connectivity index is 1.75. The molecule has 0 spiro atoms. The van der Waals surface area contributed by atoms with Crippen molar-refractivity contribution in [3.63, 3.8) is 0 Å². The third kappa shape index (κ3) is 3.30. The molecule has 5 heteroatoms. The normalized spacial score (nSPS) is 10.6. The largest absolute Gasteiger partial charge is 0.481 e. The topological polar surface area (TPSA) is 52.0 Å². The Morgan fingerprint density at radius 2 is 2.22 bits per heavy atom. The fraction of sp³-hybridized carbons (Fsp3) is 0.385. The number of pyridine rings is 1. The SMILES string of the molecule is COc1cc(CNCCc2ccccn2)nn1C. The highest BCUT2D eigenvalue weighted by atomic mass is 16.5. The van der Waals surface area contributed by atoms with Crippen LogP contribution in [0.4, 0.5) is 0 Å². The van der Waals surface area contributed by atoms with E-state index in [1.807, 2.05) is 37.5 Å². The van der Waals surface area contributed by atoms with Crippen molar-refractivity contribution in [1.29, 1.82) is 0 Å². The molecule has 0 aliphatic carbocycles. The van der Waals surface area contributed by atoms with E-state index in [9.17, 15) is 0 Å². The number of aromatic nitrogens is 3. The van der Waals surface area contributed by atoms with Crippen LogP contribution in [0.2, 0.25) is 0 Å². The zero-order chi connectivity index (χ0) is 12.8. The lowest BCUT2D eigenvalue weighted by Gasteiger charge is -2.01. The van der Waals surface area contributed by atoms with Crippen molar-refractivity contribution in [1.82, 2.24) is 20.1 Å². The standard InChI is InChI=1S/C13H18N4O/c1-17-13(18-2)9-12(16-17)10-14-8-6-11-5-3-4-7-15-11/h3-5,7,9,14H,6,8,10H2,1-2H3. The number of ether oxygens (including phenoxy) is 1. The third-order valence-electron chi connectivity index (χ3n) is 2.69. The number of nitrogens with zero attached hydrogens (tertiary/aromatic N) is 3. The maximum atomic E-state index is 5.16. The average Bonchev–Trinajstić information content (AvgIpc) is 2.76. The first-order chi connectivity index (χ1) is 8.79. The maximum Gasteiger partial charge on any atom is 0.211 e. The van der Waals surface area contributed by atoms with Crippen LogP contribution in [-0.4, -0.2) is 28.4 Å². The monoisotopic (exact) mass is 246 g/mol. The molecule has 0 amide bonds. The summed E-state index contributed by atoms with van der Waals surface area (Å²) in [6, 6.07) is 7.91. The van der Waals surface area contributed by atoms with Gasteiger partial charge >= 0.3 is 0 Å². The molecule has 0 aliphatic heterocycles. The number of rotatable bonds is 6. The zero-order valence-electron chi connectivity index (χ0n) is 10.8. The second-order valence-electron chi connectivity index (χ2n) is 4.05. The molecule has 0 saturated heterocycles. The Bertz CT molecular complexity index is 481. The second-order valence-corrected chi connectivity index (χ2v) is 4.05. The summed E-state index contributed by atoms with van der Waals surface area (Å²) in [6.45, 7) is 1.62. The van der Waals surface area contributed by atoms with Crippen molar-refractivity contribution >= 4 is 0 Å². The Kier molecular flexibility index (Phi) is 4.30. The van der Waals surface area contributed by atoms with Gasteiger partial charge in [-0.05, 0) is 12.1 Å². The smallest absolute Gasteiger partial charge is 0.211 e. The molecule has 0 atom stereocenters. The lowest BCUT2D eigenvalue weighted by molar-refractivity contribution is 0.373. The van der Waals surface area contributed by atoms with Gasteiger partial charge in [-0.15, -0.1) is 0 Å². The molecule has 1 N–H and O–H groups in total. The molecule has 2 heterocycles. The van der Waals surface area contributed by atoms with Gasteiger partial charge in [0.15, 0.2) is 0 Å². The minimum atomic E-state index is 0.740. The van der Waals surface area contributed by atoms with Crippen LogP contribution in [0.25, 0.3) is 0 Å². The molecular formula is C13H18N4O. The van der Waals surface area contributed by atoms with Gasteiger partial charge in [-0.25, -0.2) is 4.68 Å². The molecule has 5 nitrogen and oxygen atoms in total. The molecule has 0 unspecified atom stereocenters. The fourth-order valence-electron chi connectivity index (χ4n) is 1.76. The quantitative estimate of drug-likeness (QED) is 0.777. The predicted molar refractivity (Wildman–Crippen MR) is 69.4 cm³/mol. The molecule has 96 valence electrons. The van der Waals surface area contributed by atoms with Crippen molar-refractivity contribution in [2.75, 3.05) is 13.7 Å². The number of nitrogens with one attached hydrogen (secondary N) is 1. The summed E-state index contributed by atoms with van der Waals surface area (Å²) < 4.78 is 6.90. The Labute approximate surface area is 107 Å². The van der Waals surface area contributed by atoms with E-state index in [0.29, 0.717) is 0 Å². The highest BCUT2D eigenvalue weighted by molar-refractivity contribution is 5.15.